The van der Waals surface area contributed by atoms with E-state index in [4.69, 9.17) is 5.26 Å². The van der Waals surface area contributed by atoms with E-state index < -0.39 is 0 Å². The van der Waals surface area contributed by atoms with Crippen LogP contribution in [0.2, 0.25) is 0 Å². The van der Waals surface area contributed by atoms with E-state index in [0.717, 1.165) is 5.69 Å². The van der Waals surface area contributed by atoms with Crippen LogP contribution in [0.4, 0.5) is 5.69 Å². The van der Waals surface area contributed by atoms with Crippen LogP contribution in [0.15, 0.2) is 42.1 Å². The van der Waals surface area contributed by atoms with E-state index >= 15 is 0 Å². The minimum Gasteiger partial charge on any atom is -0.361 e. The van der Waals surface area contributed by atoms with Crippen LogP contribution in [-0.4, -0.2) is 0 Å². The highest BCUT2D eigenvalue weighted by Gasteiger charge is 1.85. The largest absolute Gasteiger partial charge is 0.361 e. The van der Waals surface area contributed by atoms with E-state index in [2.05, 4.69) is 5.32 Å². The van der Waals surface area contributed by atoms with Crippen molar-refractivity contribution in [3.63, 3.8) is 0 Å². The molecule has 0 aliphatic carbocycles. The monoisotopic (exact) mass is 158 g/mol. The highest BCUT2D eigenvalue weighted by atomic mass is 14.8. The smallest absolute Gasteiger partial charge is 0.0959 e. The average molecular weight is 158 g/mol. The Hall–Kier alpha value is -1.75. The van der Waals surface area contributed by atoms with Crippen molar-refractivity contribution in [3.8, 4) is 6.07 Å². The van der Waals surface area contributed by atoms with Gasteiger partial charge in [-0.1, -0.05) is 18.2 Å². The second kappa shape index (κ2) is 4.20. The number of nitrogens with one attached hydrogen (secondary N) is 1. The van der Waals surface area contributed by atoms with Gasteiger partial charge >= 0.3 is 0 Å². The average Bonchev–Trinajstić information content (AvgIpc) is 2.16. The summed E-state index contributed by atoms with van der Waals surface area (Å²) in [5.74, 6) is 0. The number of para-hydroxylation sites is 1. The zero-order chi connectivity index (χ0) is 8.81. The van der Waals surface area contributed by atoms with Gasteiger partial charge in [0.1, 0.15) is 0 Å². The molecular weight excluding hydrogens is 148 g/mol. The van der Waals surface area contributed by atoms with E-state index in [9.17, 15) is 0 Å². The van der Waals surface area contributed by atoms with Crippen LogP contribution >= 0.6 is 0 Å². The quantitative estimate of drug-likeness (QED) is 0.671. The zero-order valence-electron chi connectivity index (χ0n) is 6.91. The number of benzene rings is 1. The summed E-state index contributed by atoms with van der Waals surface area (Å²) in [4.78, 5) is 0. The van der Waals surface area contributed by atoms with Crippen molar-refractivity contribution in [3.05, 3.63) is 42.1 Å². The maximum absolute atomic E-state index is 8.45. The molecule has 0 spiro atoms. The Bertz CT molecular complexity index is 306. The lowest BCUT2D eigenvalue weighted by Crippen LogP contribution is -1.87. The first kappa shape index (κ1) is 8.35. The normalized spacial score (nSPS) is 10.5. The van der Waals surface area contributed by atoms with Gasteiger partial charge in [0.2, 0.25) is 0 Å². The van der Waals surface area contributed by atoms with Crippen LogP contribution in [0.5, 0.6) is 0 Å². The molecule has 0 atom stereocenters. The molecule has 60 valence electrons. The molecule has 1 aromatic rings. The van der Waals surface area contributed by atoms with Gasteiger partial charge in [0, 0.05) is 17.5 Å². The van der Waals surface area contributed by atoms with Crippen LogP contribution in [0.1, 0.15) is 6.92 Å². The third kappa shape index (κ3) is 2.47. The maximum Gasteiger partial charge on any atom is 0.0959 e. The van der Waals surface area contributed by atoms with Crippen molar-refractivity contribution in [2.75, 3.05) is 5.32 Å². The Morgan fingerprint density at radius 1 is 1.42 bits per heavy atom. The fourth-order valence-corrected chi connectivity index (χ4v) is 0.758. The summed E-state index contributed by atoms with van der Waals surface area (Å²) in [6, 6.07) is 11.8. The molecule has 12 heavy (non-hydrogen) atoms. The van der Waals surface area contributed by atoms with Crippen molar-refractivity contribution in [1.29, 1.82) is 5.26 Å². The maximum atomic E-state index is 8.45. The molecule has 0 saturated carbocycles. The molecule has 0 amide bonds. The topological polar surface area (TPSA) is 35.8 Å². The Balaban J connectivity index is 2.61. The molecule has 0 fully saturated rings. The van der Waals surface area contributed by atoms with Gasteiger partial charge in [0.15, 0.2) is 0 Å². The molecule has 0 aliphatic rings. The van der Waals surface area contributed by atoms with E-state index in [1.165, 1.54) is 0 Å². The van der Waals surface area contributed by atoms with Crippen LogP contribution in [0, 0.1) is 11.3 Å². The number of anilines is 1. The number of nitriles is 1. The van der Waals surface area contributed by atoms with Gasteiger partial charge < -0.3 is 5.32 Å². The van der Waals surface area contributed by atoms with E-state index in [0.29, 0.717) is 5.57 Å². The molecule has 2 heteroatoms. The van der Waals surface area contributed by atoms with Gasteiger partial charge in [-0.05, 0) is 19.1 Å². The minimum absolute atomic E-state index is 0.666. The second-order valence-electron chi connectivity index (χ2n) is 2.45. The molecular formula is C10H10N2. The summed E-state index contributed by atoms with van der Waals surface area (Å²) in [5, 5.41) is 11.5. The summed E-state index contributed by atoms with van der Waals surface area (Å²) in [7, 11) is 0. The van der Waals surface area contributed by atoms with Crippen LogP contribution < -0.4 is 5.32 Å². The van der Waals surface area contributed by atoms with Crippen LogP contribution in [0.25, 0.3) is 0 Å². The lowest BCUT2D eigenvalue weighted by atomic mass is 10.3. The van der Waals surface area contributed by atoms with Crippen molar-refractivity contribution in [2.24, 2.45) is 0 Å². The van der Waals surface area contributed by atoms with Gasteiger partial charge in [-0.15, -0.1) is 0 Å². The summed E-state index contributed by atoms with van der Waals surface area (Å²) in [6.45, 7) is 1.76. The molecule has 0 bridgehead atoms. The first-order valence-electron chi connectivity index (χ1n) is 3.71. The second-order valence-corrected chi connectivity index (χ2v) is 2.45. The van der Waals surface area contributed by atoms with E-state index in [1.54, 1.807) is 13.1 Å². The van der Waals surface area contributed by atoms with Crippen LogP contribution in [-0.2, 0) is 0 Å². The SMILES string of the molecule is C/C(C#N)=C\Nc1ccccc1. The first-order valence-corrected chi connectivity index (χ1v) is 3.71. The number of nitrogens with zero attached hydrogens (tertiary/aromatic N) is 1. The molecule has 0 saturated heterocycles. The standard InChI is InChI=1S/C10H10N2/c1-9(7-11)8-12-10-5-3-2-4-6-10/h2-6,8,12H,1H3/b9-8+. The zero-order valence-corrected chi connectivity index (χ0v) is 6.91. The highest BCUT2D eigenvalue weighted by molar-refractivity contribution is 5.46. The van der Waals surface area contributed by atoms with Crippen molar-refractivity contribution in [1.82, 2.24) is 0 Å². The summed E-state index contributed by atoms with van der Waals surface area (Å²) in [5.41, 5.74) is 1.66. The molecule has 1 aromatic carbocycles. The number of rotatable bonds is 2. The molecule has 0 unspecified atom stereocenters. The summed E-state index contributed by atoms with van der Waals surface area (Å²) >= 11 is 0. The third-order valence-corrected chi connectivity index (χ3v) is 1.41. The molecule has 1 rings (SSSR count). The predicted octanol–water partition coefficient (Wildman–Crippen LogP) is 2.53. The fraction of sp³-hybridized carbons (Fsp3) is 0.100. The Morgan fingerprint density at radius 3 is 2.67 bits per heavy atom. The Labute approximate surface area is 72.1 Å². The molecule has 2 nitrogen and oxygen atoms in total. The molecule has 0 heterocycles. The van der Waals surface area contributed by atoms with E-state index in [-0.39, 0.29) is 0 Å². The van der Waals surface area contributed by atoms with Crippen molar-refractivity contribution < 1.29 is 0 Å². The first-order chi connectivity index (χ1) is 5.83. The van der Waals surface area contributed by atoms with Crippen molar-refractivity contribution >= 4 is 5.69 Å². The third-order valence-electron chi connectivity index (χ3n) is 1.41. The minimum atomic E-state index is 0.666. The lowest BCUT2D eigenvalue weighted by Gasteiger charge is -1.98. The van der Waals surface area contributed by atoms with Gasteiger partial charge in [0.05, 0.1) is 6.07 Å². The van der Waals surface area contributed by atoms with Crippen LogP contribution in [0.3, 0.4) is 0 Å². The fourth-order valence-electron chi connectivity index (χ4n) is 0.758. The van der Waals surface area contributed by atoms with Gasteiger partial charge in [-0.3, -0.25) is 0 Å². The van der Waals surface area contributed by atoms with Gasteiger partial charge in [-0.25, -0.2) is 0 Å². The molecule has 0 aliphatic heterocycles. The lowest BCUT2D eigenvalue weighted by molar-refractivity contribution is 1.42. The number of hydrogen-bond acceptors (Lipinski definition) is 2. The highest BCUT2D eigenvalue weighted by Crippen LogP contribution is 2.05. The van der Waals surface area contributed by atoms with E-state index in [1.807, 2.05) is 36.4 Å². The van der Waals surface area contributed by atoms with Crippen molar-refractivity contribution in [2.45, 2.75) is 6.92 Å². The Morgan fingerprint density at radius 2 is 2.08 bits per heavy atom. The van der Waals surface area contributed by atoms with Gasteiger partial charge in [0.25, 0.3) is 0 Å². The molecule has 0 radical (unpaired) electrons. The summed E-state index contributed by atoms with van der Waals surface area (Å²) in [6.07, 6.45) is 1.69. The summed E-state index contributed by atoms with van der Waals surface area (Å²) < 4.78 is 0. The molecule has 1 N–H and O–H groups in total. The predicted molar refractivity (Wildman–Crippen MR) is 49.4 cm³/mol. The van der Waals surface area contributed by atoms with Gasteiger partial charge in [-0.2, -0.15) is 5.26 Å². The number of allylic oxidation sites excluding steroid dienone is 1. The number of hydrogen-bond donors (Lipinski definition) is 1. The Kier molecular flexibility index (Phi) is 2.92. The molecule has 0 aromatic heterocycles.